The van der Waals surface area contributed by atoms with E-state index in [4.69, 9.17) is 0 Å². The highest BCUT2D eigenvalue weighted by molar-refractivity contribution is 7.11. The van der Waals surface area contributed by atoms with E-state index in [0.717, 1.165) is 30.6 Å². The standard InChI is InChI=1S/C15H27N5S/c1-12-6-4-5-8-20(12)9-7-17-15(16-3)19-11-14-18-10-13(2)21-14/h10,12H,4-9,11H2,1-3H3,(H2,16,17,19). The Hall–Kier alpha value is -1.14. The SMILES string of the molecule is CN=C(NCCN1CCCCC1C)NCc1ncc(C)s1. The summed E-state index contributed by atoms with van der Waals surface area (Å²) in [7, 11) is 1.81. The van der Waals surface area contributed by atoms with Gasteiger partial charge in [0.15, 0.2) is 5.96 Å². The Morgan fingerprint density at radius 1 is 1.48 bits per heavy atom. The van der Waals surface area contributed by atoms with E-state index in [1.165, 1.54) is 30.7 Å². The van der Waals surface area contributed by atoms with Crippen LogP contribution in [0.5, 0.6) is 0 Å². The Balaban J connectivity index is 1.68. The number of rotatable bonds is 5. The van der Waals surface area contributed by atoms with E-state index in [-0.39, 0.29) is 0 Å². The number of aliphatic imine (C=N–C) groups is 1. The first-order valence-corrected chi connectivity index (χ1v) is 8.60. The molecule has 2 N–H and O–H groups in total. The molecule has 0 aromatic carbocycles. The molecule has 118 valence electrons. The maximum absolute atomic E-state index is 4.35. The normalized spacial score (nSPS) is 20.5. The molecule has 1 aromatic rings. The Labute approximate surface area is 131 Å². The van der Waals surface area contributed by atoms with Gasteiger partial charge in [0.2, 0.25) is 0 Å². The number of guanidine groups is 1. The van der Waals surface area contributed by atoms with Crippen LogP contribution in [0.1, 0.15) is 36.1 Å². The van der Waals surface area contributed by atoms with Crippen molar-refractivity contribution in [2.75, 3.05) is 26.7 Å². The average molecular weight is 309 g/mol. The largest absolute Gasteiger partial charge is 0.355 e. The van der Waals surface area contributed by atoms with Gasteiger partial charge in [0.1, 0.15) is 5.01 Å². The minimum Gasteiger partial charge on any atom is -0.355 e. The van der Waals surface area contributed by atoms with Gasteiger partial charge >= 0.3 is 0 Å². The molecule has 0 radical (unpaired) electrons. The van der Waals surface area contributed by atoms with Crippen molar-refractivity contribution in [1.29, 1.82) is 0 Å². The number of nitrogens with one attached hydrogen (secondary N) is 2. The van der Waals surface area contributed by atoms with E-state index >= 15 is 0 Å². The molecule has 2 rings (SSSR count). The molecule has 0 saturated carbocycles. The van der Waals surface area contributed by atoms with Crippen LogP contribution in [0.15, 0.2) is 11.2 Å². The van der Waals surface area contributed by atoms with Gasteiger partial charge in [-0.15, -0.1) is 11.3 Å². The smallest absolute Gasteiger partial charge is 0.191 e. The second-order valence-corrected chi connectivity index (χ2v) is 6.92. The minimum absolute atomic E-state index is 0.716. The summed E-state index contributed by atoms with van der Waals surface area (Å²) in [5.74, 6) is 0.854. The van der Waals surface area contributed by atoms with E-state index in [0.29, 0.717) is 6.04 Å². The molecule has 1 aliphatic rings. The van der Waals surface area contributed by atoms with Crippen molar-refractivity contribution in [3.8, 4) is 0 Å². The Morgan fingerprint density at radius 3 is 3.00 bits per heavy atom. The van der Waals surface area contributed by atoms with Crippen molar-refractivity contribution in [3.05, 3.63) is 16.1 Å². The van der Waals surface area contributed by atoms with Gasteiger partial charge in [-0.3, -0.25) is 9.89 Å². The van der Waals surface area contributed by atoms with E-state index < -0.39 is 0 Å². The monoisotopic (exact) mass is 309 g/mol. The van der Waals surface area contributed by atoms with Crippen molar-refractivity contribution in [2.45, 2.75) is 45.7 Å². The van der Waals surface area contributed by atoms with Crippen molar-refractivity contribution in [2.24, 2.45) is 4.99 Å². The molecular formula is C15H27N5S. The van der Waals surface area contributed by atoms with Gasteiger partial charge < -0.3 is 10.6 Å². The first kappa shape index (κ1) is 16.2. The molecule has 6 heteroatoms. The predicted octanol–water partition coefficient (Wildman–Crippen LogP) is 1.99. The number of aryl methyl sites for hydroxylation is 1. The lowest BCUT2D eigenvalue weighted by Gasteiger charge is -2.33. The van der Waals surface area contributed by atoms with Crippen molar-refractivity contribution >= 4 is 17.3 Å². The van der Waals surface area contributed by atoms with Crippen LogP contribution in [0.3, 0.4) is 0 Å². The number of thiazole rings is 1. The Bertz CT molecular complexity index is 457. The molecular weight excluding hydrogens is 282 g/mol. The van der Waals surface area contributed by atoms with E-state index in [9.17, 15) is 0 Å². The molecule has 2 heterocycles. The lowest BCUT2D eigenvalue weighted by Crippen LogP contribution is -2.45. The fourth-order valence-electron chi connectivity index (χ4n) is 2.67. The Kier molecular flexibility index (Phi) is 6.45. The van der Waals surface area contributed by atoms with Gasteiger partial charge in [-0.2, -0.15) is 0 Å². The van der Waals surface area contributed by atoms with Crippen LogP contribution in [-0.2, 0) is 6.54 Å². The molecule has 1 saturated heterocycles. The van der Waals surface area contributed by atoms with Gasteiger partial charge in [0.25, 0.3) is 0 Å². The number of nitrogens with zero attached hydrogens (tertiary/aromatic N) is 3. The van der Waals surface area contributed by atoms with E-state index in [1.54, 1.807) is 11.3 Å². The van der Waals surface area contributed by atoms with Gasteiger partial charge in [-0.05, 0) is 33.2 Å². The molecule has 5 nitrogen and oxygen atoms in total. The molecule has 1 unspecified atom stereocenters. The first-order chi connectivity index (χ1) is 10.2. The molecule has 0 bridgehead atoms. The topological polar surface area (TPSA) is 52.6 Å². The summed E-state index contributed by atoms with van der Waals surface area (Å²) in [5.41, 5.74) is 0. The highest BCUT2D eigenvalue weighted by atomic mass is 32.1. The summed E-state index contributed by atoms with van der Waals surface area (Å²) in [5, 5.41) is 7.80. The molecule has 1 atom stereocenters. The summed E-state index contributed by atoms with van der Waals surface area (Å²) in [4.78, 5) is 12.4. The van der Waals surface area contributed by atoms with Crippen molar-refractivity contribution in [1.82, 2.24) is 20.5 Å². The molecule has 1 aromatic heterocycles. The molecule has 0 spiro atoms. The molecule has 0 aliphatic carbocycles. The zero-order chi connectivity index (χ0) is 15.1. The fourth-order valence-corrected chi connectivity index (χ4v) is 3.40. The van der Waals surface area contributed by atoms with Crippen LogP contribution in [-0.4, -0.2) is 48.6 Å². The minimum atomic E-state index is 0.716. The quantitative estimate of drug-likeness (QED) is 0.645. The third-order valence-corrected chi connectivity index (χ3v) is 4.84. The summed E-state index contributed by atoms with van der Waals surface area (Å²) < 4.78 is 0. The van der Waals surface area contributed by atoms with E-state index in [1.807, 2.05) is 13.2 Å². The molecule has 1 aliphatic heterocycles. The summed E-state index contributed by atoms with van der Waals surface area (Å²) in [6.45, 7) is 8.38. The second-order valence-electron chi connectivity index (χ2n) is 5.60. The van der Waals surface area contributed by atoms with Crippen LogP contribution in [0, 0.1) is 6.92 Å². The molecule has 1 fully saturated rings. The van der Waals surface area contributed by atoms with Crippen LogP contribution < -0.4 is 10.6 Å². The van der Waals surface area contributed by atoms with Gasteiger partial charge in [-0.1, -0.05) is 6.42 Å². The number of hydrogen-bond donors (Lipinski definition) is 2. The molecule has 21 heavy (non-hydrogen) atoms. The lowest BCUT2D eigenvalue weighted by atomic mass is 10.0. The number of hydrogen-bond acceptors (Lipinski definition) is 4. The van der Waals surface area contributed by atoms with Crippen molar-refractivity contribution in [3.63, 3.8) is 0 Å². The predicted molar refractivity (Wildman–Crippen MR) is 89.9 cm³/mol. The van der Waals surface area contributed by atoms with Gasteiger partial charge in [0.05, 0.1) is 6.54 Å². The van der Waals surface area contributed by atoms with Gasteiger partial charge in [0, 0.05) is 37.3 Å². The first-order valence-electron chi connectivity index (χ1n) is 7.79. The zero-order valence-corrected chi connectivity index (χ0v) is 14.2. The van der Waals surface area contributed by atoms with E-state index in [2.05, 4.69) is 39.4 Å². The van der Waals surface area contributed by atoms with Crippen LogP contribution in [0.25, 0.3) is 0 Å². The highest BCUT2D eigenvalue weighted by Gasteiger charge is 2.17. The Morgan fingerprint density at radius 2 is 2.33 bits per heavy atom. The lowest BCUT2D eigenvalue weighted by molar-refractivity contribution is 0.163. The number of likely N-dealkylation sites (tertiary alicyclic amines) is 1. The second kappa shape index (κ2) is 8.34. The zero-order valence-electron chi connectivity index (χ0n) is 13.4. The van der Waals surface area contributed by atoms with Crippen LogP contribution in [0.4, 0.5) is 0 Å². The van der Waals surface area contributed by atoms with Crippen LogP contribution >= 0.6 is 11.3 Å². The third kappa shape index (κ3) is 5.28. The summed E-state index contributed by atoms with van der Waals surface area (Å²) in [6.07, 6.45) is 5.95. The van der Waals surface area contributed by atoms with Crippen molar-refractivity contribution < 1.29 is 0 Å². The third-order valence-electron chi connectivity index (χ3n) is 3.93. The maximum Gasteiger partial charge on any atom is 0.191 e. The number of piperidine rings is 1. The molecule has 0 amide bonds. The fraction of sp³-hybridized carbons (Fsp3) is 0.733. The average Bonchev–Trinajstić information content (AvgIpc) is 2.90. The van der Waals surface area contributed by atoms with Crippen LogP contribution in [0.2, 0.25) is 0 Å². The summed E-state index contributed by atoms with van der Waals surface area (Å²) in [6, 6.07) is 0.716. The number of aromatic nitrogens is 1. The highest BCUT2D eigenvalue weighted by Crippen LogP contribution is 2.15. The van der Waals surface area contributed by atoms with Gasteiger partial charge in [-0.25, -0.2) is 4.98 Å². The summed E-state index contributed by atoms with van der Waals surface area (Å²) >= 11 is 1.72. The maximum atomic E-state index is 4.35.